The number of carbonyl (C=O) groups excluding carboxylic acids is 1. The van der Waals surface area contributed by atoms with Crippen molar-refractivity contribution >= 4 is 12.0 Å². The molecule has 1 atom stereocenters. The van der Waals surface area contributed by atoms with E-state index in [1.54, 1.807) is 4.90 Å². The third-order valence-electron chi connectivity index (χ3n) is 3.64. The summed E-state index contributed by atoms with van der Waals surface area (Å²) >= 11 is 0. The minimum atomic E-state index is -0.798. The first kappa shape index (κ1) is 14.4. The molecule has 1 heterocycles. The lowest BCUT2D eigenvalue weighted by Gasteiger charge is -2.38. The van der Waals surface area contributed by atoms with Gasteiger partial charge in [0.1, 0.15) is 0 Å². The van der Waals surface area contributed by atoms with Crippen LogP contribution in [0.4, 0.5) is 4.79 Å². The molecule has 1 aliphatic heterocycles. The highest BCUT2D eigenvalue weighted by atomic mass is 16.4. The van der Waals surface area contributed by atoms with Crippen LogP contribution in [0.2, 0.25) is 0 Å². The third-order valence-corrected chi connectivity index (χ3v) is 3.64. The van der Waals surface area contributed by atoms with E-state index in [2.05, 4.69) is 12.2 Å². The molecule has 1 aromatic carbocycles. The van der Waals surface area contributed by atoms with Gasteiger partial charge in [-0.2, -0.15) is 0 Å². The Balaban J connectivity index is 1.70. The van der Waals surface area contributed by atoms with E-state index in [9.17, 15) is 9.59 Å². The Hall–Kier alpha value is -2.04. The normalized spacial score (nSPS) is 16.4. The van der Waals surface area contributed by atoms with Crippen LogP contribution in [0.25, 0.3) is 0 Å². The second kappa shape index (κ2) is 6.41. The van der Waals surface area contributed by atoms with Gasteiger partial charge in [0.25, 0.3) is 0 Å². The Morgan fingerprint density at radius 2 is 2.00 bits per heavy atom. The lowest BCUT2D eigenvalue weighted by atomic mass is 9.97. The summed E-state index contributed by atoms with van der Waals surface area (Å²) in [6.07, 6.45) is 0.143. The van der Waals surface area contributed by atoms with E-state index in [-0.39, 0.29) is 24.3 Å². The van der Waals surface area contributed by atoms with Crippen LogP contribution in [0.1, 0.15) is 24.8 Å². The molecule has 0 bridgehead atoms. The third kappa shape index (κ3) is 3.73. The molecule has 0 aliphatic carbocycles. The molecule has 5 nitrogen and oxygen atoms in total. The number of benzene rings is 1. The van der Waals surface area contributed by atoms with Crippen LogP contribution < -0.4 is 5.32 Å². The van der Waals surface area contributed by atoms with Crippen molar-refractivity contribution in [2.75, 3.05) is 19.6 Å². The summed E-state index contributed by atoms with van der Waals surface area (Å²) in [7, 11) is 0. The van der Waals surface area contributed by atoms with E-state index in [1.165, 1.54) is 5.56 Å². The van der Waals surface area contributed by atoms with E-state index in [0.29, 0.717) is 19.6 Å². The van der Waals surface area contributed by atoms with Gasteiger partial charge in [-0.1, -0.05) is 37.3 Å². The molecule has 0 saturated carbocycles. The SMILES string of the molecule is CC(CNC(=O)N1CC(CC(=O)O)C1)c1ccccc1. The Morgan fingerprint density at radius 3 is 2.60 bits per heavy atom. The first-order chi connectivity index (χ1) is 9.56. The topological polar surface area (TPSA) is 69.6 Å². The van der Waals surface area contributed by atoms with Crippen LogP contribution >= 0.6 is 0 Å². The molecule has 2 amide bonds. The Bertz CT molecular complexity index is 469. The number of urea groups is 1. The Morgan fingerprint density at radius 1 is 1.35 bits per heavy atom. The highest BCUT2D eigenvalue weighted by Gasteiger charge is 2.31. The molecule has 2 rings (SSSR count). The summed E-state index contributed by atoms with van der Waals surface area (Å²) in [6.45, 7) is 3.73. The van der Waals surface area contributed by atoms with E-state index in [4.69, 9.17) is 5.11 Å². The monoisotopic (exact) mass is 276 g/mol. The van der Waals surface area contributed by atoms with Gasteiger partial charge in [-0.25, -0.2) is 4.79 Å². The maximum Gasteiger partial charge on any atom is 0.317 e. The predicted octanol–water partition coefficient (Wildman–Crippen LogP) is 1.91. The molecular weight excluding hydrogens is 256 g/mol. The smallest absolute Gasteiger partial charge is 0.317 e. The number of hydrogen-bond donors (Lipinski definition) is 2. The van der Waals surface area contributed by atoms with Gasteiger partial charge in [-0.3, -0.25) is 4.79 Å². The van der Waals surface area contributed by atoms with Crippen molar-refractivity contribution in [3.05, 3.63) is 35.9 Å². The van der Waals surface area contributed by atoms with Crippen LogP contribution in [-0.4, -0.2) is 41.6 Å². The van der Waals surface area contributed by atoms with E-state index in [1.807, 2.05) is 30.3 Å². The first-order valence-electron chi connectivity index (χ1n) is 6.85. The molecule has 20 heavy (non-hydrogen) atoms. The van der Waals surface area contributed by atoms with Crippen LogP contribution in [0.5, 0.6) is 0 Å². The number of carboxylic acids is 1. The molecule has 1 saturated heterocycles. The van der Waals surface area contributed by atoms with Crippen molar-refractivity contribution in [3.63, 3.8) is 0 Å². The van der Waals surface area contributed by atoms with Crippen molar-refractivity contribution in [2.24, 2.45) is 5.92 Å². The second-order valence-corrected chi connectivity index (χ2v) is 5.37. The van der Waals surface area contributed by atoms with Crippen LogP contribution in [0, 0.1) is 5.92 Å². The van der Waals surface area contributed by atoms with Gasteiger partial charge in [-0.15, -0.1) is 0 Å². The van der Waals surface area contributed by atoms with Crippen LogP contribution in [0.3, 0.4) is 0 Å². The average molecular weight is 276 g/mol. The number of nitrogens with zero attached hydrogens (tertiary/aromatic N) is 1. The highest BCUT2D eigenvalue weighted by molar-refractivity contribution is 5.75. The number of nitrogens with one attached hydrogen (secondary N) is 1. The first-order valence-corrected chi connectivity index (χ1v) is 6.85. The molecule has 1 fully saturated rings. The predicted molar refractivity (Wildman–Crippen MR) is 75.6 cm³/mol. The van der Waals surface area contributed by atoms with Gasteiger partial charge in [0.15, 0.2) is 0 Å². The Labute approximate surface area is 118 Å². The summed E-state index contributed by atoms with van der Waals surface area (Å²) in [6, 6.07) is 9.93. The maximum atomic E-state index is 11.9. The van der Waals surface area contributed by atoms with Crippen molar-refractivity contribution in [1.82, 2.24) is 10.2 Å². The van der Waals surface area contributed by atoms with Gasteiger partial charge >= 0.3 is 12.0 Å². The lowest BCUT2D eigenvalue weighted by molar-refractivity contribution is -0.139. The fraction of sp³-hybridized carbons (Fsp3) is 0.467. The second-order valence-electron chi connectivity index (χ2n) is 5.37. The zero-order chi connectivity index (χ0) is 14.5. The number of likely N-dealkylation sites (tertiary alicyclic amines) is 1. The van der Waals surface area contributed by atoms with E-state index >= 15 is 0 Å². The van der Waals surface area contributed by atoms with Gasteiger partial charge in [0, 0.05) is 25.6 Å². The molecule has 1 aromatic rings. The number of rotatable bonds is 5. The molecule has 108 valence electrons. The fourth-order valence-corrected chi connectivity index (χ4v) is 2.36. The van der Waals surface area contributed by atoms with Gasteiger partial charge in [-0.05, 0) is 11.5 Å². The van der Waals surface area contributed by atoms with Crippen molar-refractivity contribution in [3.8, 4) is 0 Å². The standard InChI is InChI=1S/C15H20N2O3/c1-11(13-5-3-2-4-6-13)8-16-15(20)17-9-12(10-17)7-14(18)19/h2-6,11-12H,7-10H2,1H3,(H,16,20)(H,18,19). The summed E-state index contributed by atoms with van der Waals surface area (Å²) in [5, 5.41) is 11.6. The average Bonchev–Trinajstić information content (AvgIpc) is 2.40. The molecule has 1 aliphatic rings. The fourth-order valence-electron chi connectivity index (χ4n) is 2.36. The number of carboxylic acid groups (broad SMARTS) is 1. The van der Waals surface area contributed by atoms with E-state index < -0.39 is 5.97 Å². The van der Waals surface area contributed by atoms with Crippen LogP contribution in [0.15, 0.2) is 30.3 Å². The minimum Gasteiger partial charge on any atom is -0.481 e. The number of aliphatic carboxylic acids is 1. The van der Waals surface area contributed by atoms with Gasteiger partial charge in [0.2, 0.25) is 0 Å². The van der Waals surface area contributed by atoms with E-state index in [0.717, 1.165) is 0 Å². The zero-order valence-corrected chi connectivity index (χ0v) is 11.6. The summed E-state index contributed by atoms with van der Waals surface area (Å²) in [5.74, 6) is -0.436. The van der Waals surface area contributed by atoms with Crippen molar-refractivity contribution in [2.45, 2.75) is 19.3 Å². The Kier molecular flexibility index (Phi) is 4.61. The zero-order valence-electron chi connectivity index (χ0n) is 11.6. The molecule has 0 aromatic heterocycles. The molecule has 1 unspecified atom stereocenters. The molecule has 5 heteroatoms. The van der Waals surface area contributed by atoms with Crippen molar-refractivity contribution in [1.29, 1.82) is 0 Å². The molecular formula is C15H20N2O3. The van der Waals surface area contributed by atoms with Crippen LogP contribution in [-0.2, 0) is 4.79 Å². The van der Waals surface area contributed by atoms with Gasteiger partial charge < -0.3 is 15.3 Å². The van der Waals surface area contributed by atoms with Gasteiger partial charge in [0.05, 0.1) is 6.42 Å². The number of carbonyl (C=O) groups is 2. The van der Waals surface area contributed by atoms with Crippen molar-refractivity contribution < 1.29 is 14.7 Å². The number of hydrogen-bond acceptors (Lipinski definition) is 2. The molecule has 0 radical (unpaired) electrons. The summed E-state index contributed by atoms with van der Waals surface area (Å²) < 4.78 is 0. The maximum absolute atomic E-state index is 11.9. The summed E-state index contributed by atoms with van der Waals surface area (Å²) in [4.78, 5) is 24.0. The minimum absolute atomic E-state index is 0.102. The number of amides is 2. The summed E-state index contributed by atoms with van der Waals surface area (Å²) in [5.41, 5.74) is 1.19. The molecule has 0 spiro atoms. The lowest BCUT2D eigenvalue weighted by Crippen LogP contribution is -2.54. The largest absolute Gasteiger partial charge is 0.481 e. The quantitative estimate of drug-likeness (QED) is 0.863. The highest BCUT2D eigenvalue weighted by Crippen LogP contribution is 2.19. The molecule has 2 N–H and O–H groups in total.